The molecule has 0 aliphatic carbocycles. The first-order chi connectivity index (χ1) is 9.41. The van der Waals surface area contributed by atoms with Crippen molar-refractivity contribution in [2.45, 2.75) is 20.8 Å². The van der Waals surface area contributed by atoms with Gasteiger partial charge in [0.25, 0.3) is 5.91 Å². The molecule has 0 aliphatic rings. The Bertz CT molecular complexity index is 679. The van der Waals surface area contributed by atoms with E-state index in [-0.39, 0.29) is 11.6 Å². The van der Waals surface area contributed by atoms with Gasteiger partial charge in [0.1, 0.15) is 0 Å². The molecular formula is C14H14ClN3O2. The first kappa shape index (κ1) is 14.3. The van der Waals surface area contributed by atoms with Gasteiger partial charge >= 0.3 is 0 Å². The largest absolute Gasteiger partial charge is 0.293 e. The number of hydrogen-bond acceptors (Lipinski definition) is 3. The highest BCUT2D eigenvalue weighted by Crippen LogP contribution is 2.23. The summed E-state index contributed by atoms with van der Waals surface area (Å²) in [7, 11) is 0. The molecule has 20 heavy (non-hydrogen) atoms. The molecule has 1 amide bonds. The number of para-hydroxylation sites is 1. The van der Waals surface area contributed by atoms with E-state index < -0.39 is 5.91 Å². The van der Waals surface area contributed by atoms with Gasteiger partial charge in [-0.25, -0.2) is 9.10 Å². The van der Waals surface area contributed by atoms with Gasteiger partial charge in [0.15, 0.2) is 5.69 Å². The van der Waals surface area contributed by atoms with E-state index >= 15 is 0 Å². The fourth-order valence-corrected chi connectivity index (χ4v) is 2.17. The van der Waals surface area contributed by atoms with Crippen LogP contribution in [-0.4, -0.2) is 21.6 Å². The van der Waals surface area contributed by atoms with Crippen molar-refractivity contribution in [3.8, 4) is 0 Å². The Balaban J connectivity index is 2.34. The van der Waals surface area contributed by atoms with Crippen LogP contribution < -0.4 is 4.42 Å². The van der Waals surface area contributed by atoms with Crippen LogP contribution in [0.1, 0.15) is 33.5 Å². The summed E-state index contributed by atoms with van der Waals surface area (Å²) in [6.45, 7) is 4.95. The molecule has 0 radical (unpaired) electrons. The number of benzene rings is 1. The van der Waals surface area contributed by atoms with Crippen molar-refractivity contribution in [2.24, 2.45) is 0 Å². The highest BCUT2D eigenvalue weighted by molar-refractivity contribution is 6.39. The van der Waals surface area contributed by atoms with Crippen molar-refractivity contribution < 1.29 is 9.59 Å². The predicted molar refractivity (Wildman–Crippen MR) is 77.1 cm³/mol. The molecule has 1 heterocycles. The minimum absolute atomic E-state index is 0.135. The van der Waals surface area contributed by atoms with Crippen LogP contribution >= 0.6 is 11.8 Å². The van der Waals surface area contributed by atoms with E-state index in [4.69, 9.17) is 11.8 Å². The van der Waals surface area contributed by atoms with Crippen LogP contribution in [0.4, 0.5) is 5.69 Å². The van der Waals surface area contributed by atoms with E-state index in [2.05, 4.69) is 5.10 Å². The van der Waals surface area contributed by atoms with Gasteiger partial charge in [-0.05, 0) is 31.5 Å². The minimum atomic E-state index is -0.468. The van der Waals surface area contributed by atoms with Crippen molar-refractivity contribution in [2.75, 3.05) is 4.42 Å². The molecule has 0 saturated carbocycles. The van der Waals surface area contributed by atoms with Gasteiger partial charge in [-0.1, -0.05) is 18.2 Å². The molecule has 0 atom stereocenters. The van der Waals surface area contributed by atoms with Crippen LogP contribution in [0.2, 0.25) is 0 Å². The van der Waals surface area contributed by atoms with Gasteiger partial charge in [-0.15, -0.1) is 0 Å². The van der Waals surface area contributed by atoms with Crippen molar-refractivity contribution in [3.63, 3.8) is 0 Å². The van der Waals surface area contributed by atoms with Crippen LogP contribution in [0, 0.1) is 13.8 Å². The predicted octanol–water partition coefficient (Wildman–Crippen LogP) is 2.96. The molecule has 0 unspecified atom stereocenters. The number of carbonyl (C=O) groups excluding carboxylic acids is 2. The van der Waals surface area contributed by atoms with Crippen LogP contribution in [0.5, 0.6) is 0 Å². The number of carbonyl (C=O) groups is 2. The van der Waals surface area contributed by atoms with Gasteiger partial charge in [0.05, 0.1) is 5.69 Å². The number of aromatic nitrogens is 2. The monoisotopic (exact) mass is 291 g/mol. The smallest absolute Gasteiger partial charge is 0.273 e. The highest BCUT2D eigenvalue weighted by atomic mass is 35.5. The Morgan fingerprint density at radius 1 is 1.25 bits per heavy atom. The van der Waals surface area contributed by atoms with E-state index in [0.29, 0.717) is 11.4 Å². The molecule has 0 N–H and O–H groups in total. The van der Waals surface area contributed by atoms with Crippen LogP contribution in [0.15, 0.2) is 30.3 Å². The normalized spacial score (nSPS) is 10.4. The summed E-state index contributed by atoms with van der Waals surface area (Å²) in [4.78, 5) is 23.6. The summed E-state index contributed by atoms with van der Waals surface area (Å²) in [6, 6.07) is 8.80. The van der Waals surface area contributed by atoms with Crippen LogP contribution in [-0.2, 0) is 0 Å². The Labute approximate surface area is 121 Å². The molecule has 0 aliphatic heterocycles. The van der Waals surface area contributed by atoms with Crippen molar-refractivity contribution in [1.29, 1.82) is 0 Å². The van der Waals surface area contributed by atoms with Crippen LogP contribution in [0.25, 0.3) is 0 Å². The van der Waals surface area contributed by atoms with E-state index in [0.717, 1.165) is 9.98 Å². The average Bonchev–Trinajstić information content (AvgIpc) is 2.80. The number of anilines is 1. The molecule has 1 aromatic heterocycles. The van der Waals surface area contributed by atoms with Gasteiger partial charge in [-0.2, -0.15) is 5.10 Å². The maximum Gasteiger partial charge on any atom is 0.293 e. The van der Waals surface area contributed by atoms with Gasteiger partial charge in [0.2, 0.25) is 5.91 Å². The lowest BCUT2D eigenvalue weighted by molar-refractivity contribution is 0.0917. The third-order valence-corrected chi connectivity index (χ3v) is 3.25. The number of amides is 1. The zero-order chi connectivity index (χ0) is 14.9. The summed E-state index contributed by atoms with van der Waals surface area (Å²) < 4.78 is 2.19. The Kier molecular flexibility index (Phi) is 3.90. The second-order valence-electron chi connectivity index (χ2n) is 4.47. The first-order valence-corrected chi connectivity index (χ1v) is 6.39. The molecule has 0 bridgehead atoms. The van der Waals surface area contributed by atoms with Gasteiger partial charge < -0.3 is 0 Å². The molecule has 0 spiro atoms. The van der Waals surface area contributed by atoms with Gasteiger partial charge in [0, 0.05) is 24.4 Å². The van der Waals surface area contributed by atoms with E-state index in [1.807, 2.05) is 19.1 Å². The van der Waals surface area contributed by atoms with Crippen LogP contribution in [0.3, 0.4) is 0 Å². The molecule has 0 saturated heterocycles. The molecule has 6 heteroatoms. The number of hydrogen-bond donors (Lipinski definition) is 0. The number of rotatable bonds is 2. The molecule has 104 valence electrons. The lowest BCUT2D eigenvalue weighted by atomic mass is 10.2. The molecular weight excluding hydrogens is 278 g/mol. The highest BCUT2D eigenvalue weighted by Gasteiger charge is 2.21. The number of aryl methyl sites for hydroxylation is 2. The Hall–Kier alpha value is -2.14. The summed E-state index contributed by atoms with van der Waals surface area (Å²) in [5.74, 6) is -0.720. The summed E-state index contributed by atoms with van der Waals surface area (Å²) >= 11 is 6.09. The maximum absolute atomic E-state index is 12.3. The SMILES string of the molecule is CC(=O)n1nc(C(=O)N(Cl)c2ccccc2C)cc1C. The van der Waals surface area contributed by atoms with Crippen molar-refractivity contribution >= 4 is 29.3 Å². The van der Waals surface area contributed by atoms with E-state index in [1.165, 1.54) is 17.7 Å². The first-order valence-electron chi connectivity index (χ1n) is 6.05. The van der Waals surface area contributed by atoms with E-state index in [1.54, 1.807) is 19.1 Å². The maximum atomic E-state index is 12.3. The second kappa shape index (κ2) is 5.46. The lowest BCUT2D eigenvalue weighted by Gasteiger charge is -2.14. The molecule has 2 rings (SSSR count). The number of nitrogens with zero attached hydrogens (tertiary/aromatic N) is 3. The zero-order valence-electron chi connectivity index (χ0n) is 11.4. The molecule has 0 fully saturated rings. The van der Waals surface area contributed by atoms with Crippen molar-refractivity contribution in [1.82, 2.24) is 9.78 Å². The average molecular weight is 292 g/mol. The lowest BCUT2D eigenvalue weighted by Crippen LogP contribution is -2.22. The fourth-order valence-electron chi connectivity index (χ4n) is 1.89. The summed E-state index contributed by atoms with van der Waals surface area (Å²) in [5, 5.41) is 3.98. The fraction of sp³-hybridized carbons (Fsp3) is 0.214. The van der Waals surface area contributed by atoms with Crippen molar-refractivity contribution in [3.05, 3.63) is 47.3 Å². The minimum Gasteiger partial charge on any atom is -0.273 e. The quantitative estimate of drug-likeness (QED) is 0.799. The summed E-state index contributed by atoms with van der Waals surface area (Å²) in [6.07, 6.45) is 0. The Morgan fingerprint density at radius 2 is 1.90 bits per heavy atom. The van der Waals surface area contributed by atoms with E-state index in [9.17, 15) is 9.59 Å². The Morgan fingerprint density at radius 3 is 2.45 bits per heavy atom. The standard InChI is InChI=1S/C14H14ClN3O2/c1-9-6-4-5-7-13(9)17(15)14(20)12-8-10(2)18(16-12)11(3)19/h4-8H,1-3H3. The van der Waals surface area contributed by atoms with Gasteiger partial charge in [-0.3, -0.25) is 9.59 Å². The third kappa shape index (κ3) is 2.58. The summed E-state index contributed by atoms with van der Waals surface area (Å²) in [5.41, 5.74) is 2.19. The second-order valence-corrected chi connectivity index (χ2v) is 4.81. The molecule has 1 aromatic carbocycles. The number of halogens is 1. The molecule has 5 nitrogen and oxygen atoms in total. The third-order valence-electron chi connectivity index (χ3n) is 2.91. The topological polar surface area (TPSA) is 55.2 Å². The molecule has 2 aromatic rings. The zero-order valence-corrected chi connectivity index (χ0v) is 12.2.